The van der Waals surface area contributed by atoms with Gasteiger partial charge in [-0.15, -0.1) is 22.7 Å². The standard InChI is InChI=1S/C75H92F6N4O2S2/c1-13-17-21-28-34-51-44(5)67-63(50-32-26-25-27-33-50)68-45(6)52(35-29-22-18-14-2)58(83-68)41-60-54(37-31-24-20-16-4)47(8)70(85-60)64(69-46(7)53(36-30-23-19-15-3)59(84-69)40-57(51)82-67)61-38-55(48(9)88-61)65-66(74(78,79)75(80,81)73(65,76)77)56-39-62(89-49(56)10)71-86-42-72(11,12)43-87-71/h25-27,32-33,38-41,71,82-83H,13-24,28-31,34-37,42-43H2,1-12H3. The zero-order valence-corrected chi connectivity index (χ0v) is 56.3. The number of nitrogens with one attached hydrogen (secondary N) is 2. The number of aromatic amines is 2. The number of aryl methyl sites for hydroxylation is 6. The van der Waals surface area contributed by atoms with Gasteiger partial charge in [0.2, 0.25) is 0 Å². The molecule has 0 unspecified atom stereocenters. The minimum Gasteiger partial charge on any atom is -0.354 e. The molecule has 1 aliphatic carbocycles. The molecule has 1 fully saturated rings. The number of hydrogen-bond acceptors (Lipinski definition) is 6. The number of hydrogen-bond donors (Lipinski definition) is 2. The van der Waals surface area contributed by atoms with Crippen molar-refractivity contribution in [2.24, 2.45) is 5.41 Å². The molecule has 6 nitrogen and oxygen atoms in total. The Morgan fingerprint density at radius 3 is 1.39 bits per heavy atom. The maximum atomic E-state index is 17.2. The molecule has 0 amide bonds. The van der Waals surface area contributed by atoms with Gasteiger partial charge in [0.25, 0.3) is 0 Å². The second kappa shape index (κ2) is 27.3. The van der Waals surface area contributed by atoms with E-state index in [0.29, 0.717) is 39.9 Å². The molecule has 8 bridgehead atoms. The molecule has 478 valence electrons. The summed E-state index contributed by atoms with van der Waals surface area (Å²) in [7, 11) is 0. The molecule has 4 aliphatic rings. The molecule has 1 saturated heterocycles. The predicted octanol–water partition coefficient (Wildman–Crippen LogP) is 24.0. The summed E-state index contributed by atoms with van der Waals surface area (Å²) in [6.45, 7) is 25.1. The molecule has 1 aromatic carbocycles. The summed E-state index contributed by atoms with van der Waals surface area (Å²) < 4.78 is 113. The Kier molecular flexibility index (Phi) is 20.4. The Labute approximate surface area is 532 Å². The summed E-state index contributed by atoms with van der Waals surface area (Å²) in [6, 6.07) is 17.9. The van der Waals surface area contributed by atoms with Gasteiger partial charge in [0, 0.05) is 53.4 Å². The van der Waals surface area contributed by atoms with Crippen molar-refractivity contribution in [3.63, 3.8) is 0 Å². The first-order valence-corrected chi connectivity index (χ1v) is 34.7. The van der Waals surface area contributed by atoms with Gasteiger partial charge in [-0.3, -0.25) is 0 Å². The molecule has 89 heavy (non-hydrogen) atoms. The first kappa shape index (κ1) is 66.4. The molecule has 10 rings (SSSR count). The minimum atomic E-state index is -5.76. The van der Waals surface area contributed by atoms with E-state index in [1.54, 1.807) is 6.92 Å². The van der Waals surface area contributed by atoms with Crippen LogP contribution in [-0.2, 0) is 22.3 Å². The van der Waals surface area contributed by atoms with Crippen LogP contribution >= 0.6 is 22.7 Å². The average Bonchev–Trinajstić information content (AvgIpc) is 1.53. The lowest BCUT2D eigenvalue weighted by Gasteiger charge is -2.34. The van der Waals surface area contributed by atoms with E-state index in [-0.39, 0.29) is 26.3 Å². The van der Waals surface area contributed by atoms with Crippen molar-refractivity contribution in [1.82, 2.24) is 19.9 Å². The second-order valence-electron chi connectivity index (χ2n) is 26.4. The first-order chi connectivity index (χ1) is 42.5. The van der Waals surface area contributed by atoms with Crippen LogP contribution in [-0.4, -0.2) is 50.9 Å². The summed E-state index contributed by atoms with van der Waals surface area (Å²) in [6.07, 6.45) is 18.9. The van der Waals surface area contributed by atoms with E-state index >= 15 is 26.3 Å². The lowest BCUT2D eigenvalue weighted by atomic mass is 9.92. The molecule has 0 spiro atoms. The maximum Gasteiger partial charge on any atom is 0.380 e. The Hall–Kier alpha value is -5.54. The fourth-order valence-corrected chi connectivity index (χ4v) is 15.9. The lowest BCUT2D eigenvalue weighted by molar-refractivity contribution is -0.254. The SMILES string of the molecule is CCCCCCC1=C(C)c2nc1cc1[nH]c(c(C)c1CCCCCC)c(-c1ccccc1)c1[nH]c(cc3nc(c2-c2cc(C4=C(c5cc(C6OCC(C)(C)CO6)sc5C)C(F)(F)C(F)(F)C4(F)F)c(C)s2)C(C)=C3CCCCCC)c(CCCCCC)c1C. The van der Waals surface area contributed by atoms with Gasteiger partial charge >= 0.3 is 17.8 Å². The highest BCUT2D eigenvalue weighted by molar-refractivity contribution is 7.15. The summed E-state index contributed by atoms with van der Waals surface area (Å²) in [5.41, 5.74) is 14.5. The van der Waals surface area contributed by atoms with Gasteiger partial charge in [-0.25, -0.2) is 9.97 Å². The molecule has 5 aromatic heterocycles. The highest BCUT2D eigenvalue weighted by Gasteiger charge is 2.80. The van der Waals surface area contributed by atoms with Crippen LogP contribution in [0.25, 0.3) is 77.1 Å². The fourth-order valence-electron chi connectivity index (χ4n) is 13.8. The molecule has 2 N–H and O–H groups in total. The van der Waals surface area contributed by atoms with E-state index in [2.05, 4.69) is 108 Å². The van der Waals surface area contributed by atoms with Crippen LogP contribution in [0, 0.1) is 33.1 Å². The largest absolute Gasteiger partial charge is 0.380 e. The Morgan fingerprint density at radius 2 is 0.944 bits per heavy atom. The third-order valence-electron chi connectivity index (χ3n) is 19.0. The van der Waals surface area contributed by atoms with Gasteiger partial charge < -0.3 is 19.4 Å². The third-order valence-corrected chi connectivity index (χ3v) is 21.2. The van der Waals surface area contributed by atoms with Gasteiger partial charge in [0.1, 0.15) is 0 Å². The number of aromatic nitrogens is 4. The molecule has 14 heteroatoms. The molecule has 6 aromatic rings. The quantitative estimate of drug-likeness (QED) is 0.0442. The number of rotatable bonds is 25. The zero-order chi connectivity index (χ0) is 63.7. The van der Waals surface area contributed by atoms with Gasteiger partial charge in [-0.05, 0) is 178 Å². The molecule has 8 heterocycles. The average molecular weight is 1260 g/mol. The van der Waals surface area contributed by atoms with Crippen molar-refractivity contribution in [3.05, 3.63) is 125 Å². The van der Waals surface area contributed by atoms with Crippen LogP contribution < -0.4 is 0 Å². The molecule has 3 aliphatic heterocycles. The number of alkyl halides is 6. The summed E-state index contributed by atoms with van der Waals surface area (Å²) in [5, 5.41) is 0. The van der Waals surface area contributed by atoms with E-state index in [4.69, 9.17) is 19.4 Å². The number of ether oxygens (including phenoxy) is 2. The van der Waals surface area contributed by atoms with Gasteiger partial charge in [-0.1, -0.05) is 149 Å². The number of thiophene rings is 2. The Bertz CT molecular complexity index is 3700. The van der Waals surface area contributed by atoms with Crippen molar-refractivity contribution in [1.29, 1.82) is 0 Å². The monoisotopic (exact) mass is 1260 g/mol. The van der Waals surface area contributed by atoms with Crippen LogP contribution in [0.2, 0.25) is 0 Å². The van der Waals surface area contributed by atoms with Gasteiger partial charge in [-0.2, -0.15) is 26.3 Å². The predicted molar refractivity (Wildman–Crippen MR) is 361 cm³/mol. The molecular formula is C75H92F6N4O2S2. The number of unbranched alkanes of at least 4 members (excludes halogenated alkanes) is 12. The van der Waals surface area contributed by atoms with Crippen molar-refractivity contribution in [2.45, 2.75) is 236 Å². The first-order valence-electron chi connectivity index (χ1n) is 33.1. The lowest BCUT2D eigenvalue weighted by Crippen LogP contribution is -2.48. The molecular weight excluding hydrogens is 1170 g/mol. The van der Waals surface area contributed by atoms with E-state index in [1.165, 1.54) is 41.3 Å². The van der Waals surface area contributed by atoms with Crippen LogP contribution in [0.1, 0.15) is 248 Å². The topological polar surface area (TPSA) is 75.8 Å². The van der Waals surface area contributed by atoms with E-state index in [0.717, 1.165) is 218 Å². The van der Waals surface area contributed by atoms with E-state index < -0.39 is 35.2 Å². The van der Waals surface area contributed by atoms with Crippen molar-refractivity contribution in [3.8, 4) is 21.6 Å². The smallest absolute Gasteiger partial charge is 0.354 e. The molecule has 0 radical (unpaired) electrons. The van der Waals surface area contributed by atoms with Crippen LogP contribution in [0.15, 0.2) is 54.6 Å². The zero-order valence-electron chi connectivity index (χ0n) is 54.6. The highest BCUT2D eigenvalue weighted by atomic mass is 32.1. The number of benzene rings is 1. The molecule has 0 atom stereocenters. The third kappa shape index (κ3) is 12.8. The summed E-state index contributed by atoms with van der Waals surface area (Å²) in [4.78, 5) is 20.7. The van der Waals surface area contributed by atoms with Gasteiger partial charge in [0.15, 0.2) is 6.29 Å². The molecule has 0 saturated carbocycles. The summed E-state index contributed by atoms with van der Waals surface area (Å²) in [5.74, 6) is -16.3. The van der Waals surface area contributed by atoms with Crippen LogP contribution in [0.3, 0.4) is 0 Å². The second-order valence-corrected chi connectivity index (χ2v) is 28.9. The number of allylic oxidation sites excluding steroid dienone is 6. The van der Waals surface area contributed by atoms with E-state index in [1.807, 2.05) is 13.8 Å². The number of fused-ring (bicyclic) bond motifs is 8. The number of H-pyrrole nitrogens is 2. The summed E-state index contributed by atoms with van der Waals surface area (Å²) >= 11 is 2.16. The van der Waals surface area contributed by atoms with Crippen molar-refractivity contribution < 1.29 is 35.8 Å². The Morgan fingerprint density at radius 1 is 0.517 bits per heavy atom. The fraction of sp³-hybridized carbons (Fsp3) is 0.520. The minimum absolute atomic E-state index is 0.174. The number of halogens is 6. The van der Waals surface area contributed by atoms with Gasteiger partial charge in [0.05, 0.1) is 51.9 Å². The van der Waals surface area contributed by atoms with Crippen molar-refractivity contribution >= 4 is 78.2 Å². The number of nitrogens with zero attached hydrogens (tertiary/aromatic N) is 2. The van der Waals surface area contributed by atoms with Crippen molar-refractivity contribution in [2.75, 3.05) is 13.2 Å². The normalized spacial score (nSPS) is 17.3. The van der Waals surface area contributed by atoms with Crippen LogP contribution in [0.5, 0.6) is 0 Å². The van der Waals surface area contributed by atoms with E-state index in [9.17, 15) is 0 Å². The maximum absolute atomic E-state index is 17.2. The highest BCUT2D eigenvalue weighted by Crippen LogP contribution is 2.66. The van der Waals surface area contributed by atoms with Crippen LogP contribution in [0.4, 0.5) is 26.3 Å². The Balaban J connectivity index is 1.33.